The molecule has 0 aliphatic carbocycles. The van der Waals surface area contributed by atoms with E-state index in [1.165, 1.54) is 0 Å². The van der Waals surface area contributed by atoms with Crippen molar-refractivity contribution in [1.82, 2.24) is 5.32 Å². The number of carbonyl (C=O) groups is 1. The van der Waals surface area contributed by atoms with Gasteiger partial charge in [-0.2, -0.15) is 0 Å². The molecule has 1 amide bonds. The highest BCUT2D eigenvalue weighted by Gasteiger charge is 2.24. The molecule has 2 aromatic carbocycles. The summed E-state index contributed by atoms with van der Waals surface area (Å²) in [5, 5.41) is 6.36. The average molecular weight is 377 g/mol. The second kappa shape index (κ2) is 9.46. The molecule has 3 rings (SSSR count). The molecule has 0 radical (unpaired) electrons. The maximum Gasteiger partial charge on any atom is 0.227 e. The third kappa shape index (κ3) is 5.38. The summed E-state index contributed by atoms with van der Waals surface area (Å²) in [6.45, 7) is 3.01. The van der Waals surface area contributed by atoms with Crippen molar-refractivity contribution in [2.24, 2.45) is 5.92 Å². The summed E-state index contributed by atoms with van der Waals surface area (Å²) in [5.74, 6) is 2.33. The Labute approximate surface area is 160 Å². The van der Waals surface area contributed by atoms with E-state index in [-0.39, 0.29) is 24.2 Å². The summed E-state index contributed by atoms with van der Waals surface area (Å²) >= 11 is 0. The van der Waals surface area contributed by atoms with E-state index < -0.39 is 0 Å². The molecule has 1 fully saturated rings. The highest BCUT2D eigenvalue weighted by Crippen LogP contribution is 2.26. The lowest BCUT2D eigenvalue weighted by atomic mass is 9.92. The van der Waals surface area contributed by atoms with Gasteiger partial charge in [0, 0.05) is 23.7 Å². The van der Waals surface area contributed by atoms with Gasteiger partial charge < -0.3 is 20.1 Å². The fourth-order valence-electron chi connectivity index (χ4n) is 3.02. The molecule has 1 heterocycles. The third-order valence-corrected chi connectivity index (χ3v) is 4.39. The quantitative estimate of drug-likeness (QED) is 0.819. The van der Waals surface area contributed by atoms with Crippen molar-refractivity contribution in [2.75, 3.05) is 19.0 Å². The van der Waals surface area contributed by atoms with Crippen molar-refractivity contribution < 1.29 is 14.3 Å². The van der Waals surface area contributed by atoms with Gasteiger partial charge in [-0.15, -0.1) is 12.4 Å². The lowest BCUT2D eigenvalue weighted by molar-refractivity contribution is -0.120. The Morgan fingerprint density at radius 2 is 1.85 bits per heavy atom. The minimum atomic E-state index is 0. The molecule has 140 valence electrons. The van der Waals surface area contributed by atoms with Crippen molar-refractivity contribution >= 4 is 24.0 Å². The number of ether oxygens (including phenoxy) is 2. The first-order valence-corrected chi connectivity index (χ1v) is 8.60. The van der Waals surface area contributed by atoms with Crippen LogP contribution in [0.2, 0.25) is 0 Å². The molecule has 0 aromatic heterocycles. The summed E-state index contributed by atoms with van der Waals surface area (Å²) in [5.41, 5.74) is 0.786. The van der Waals surface area contributed by atoms with Crippen molar-refractivity contribution in [3.63, 3.8) is 0 Å². The van der Waals surface area contributed by atoms with Crippen LogP contribution >= 0.6 is 12.4 Å². The van der Waals surface area contributed by atoms with Crippen LogP contribution in [0.15, 0.2) is 48.5 Å². The van der Waals surface area contributed by atoms with E-state index in [0.29, 0.717) is 17.5 Å². The lowest BCUT2D eigenvalue weighted by Crippen LogP contribution is -2.40. The third-order valence-electron chi connectivity index (χ3n) is 4.39. The second-order valence-electron chi connectivity index (χ2n) is 6.37. The van der Waals surface area contributed by atoms with E-state index in [1.54, 1.807) is 7.11 Å². The Bertz CT molecular complexity index is 721. The number of benzene rings is 2. The molecular formula is C20H25ClN2O3. The van der Waals surface area contributed by atoms with E-state index in [2.05, 4.69) is 17.6 Å². The Morgan fingerprint density at radius 3 is 2.54 bits per heavy atom. The smallest absolute Gasteiger partial charge is 0.227 e. The summed E-state index contributed by atoms with van der Waals surface area (Å²) in [4.78, 5) is 12.4. The van der Waals surface area contributed by atoms with Crippen LogP contribution in [0.1, 0.15) is 19.8 Å². The molecule has 6 heteroatoms. The number of rotatable bonds is 5. The van der Waals surface area contributed by atoms with Gasteiger partial charge in [0.15, 0.2) is 0 Å². The molecule has 1 aliphatic rings. The fraction of sp³-hybridized carbons (Fsp3) is 0.350. The maximum atomic E-state index is 12.4. The molecule has 2 N–H and O–H groups in total. The van der Waals surface area contributed by atoms with Crippen molar-refractivity contribution in [3.8, 4) is 17.2 Å². The van der Waals surface area contributed by atoms with E-state index >= 15 is 0 Å². The van der Waals surface area contributed by atoms with Gasteiger partial charge in [0.1, 0.15) is 17.2 Å². The van der Waals surface area contributed by atoms with Gasteiger partial charge in [0.25, 0.3) is 0 Å². The maximum absolute atomic E-state index is 12.4. The highest BCUT2D eigenvalue weighted by atomic mass is 35.5. The predicted octanol–water partition coefficient (Wildman–Crippen LogP) is 4.24. The van der Waals surface area contributed by atoms with Crippen molar-refractivity contribution in [1.29, 1.82) is 0 Å². The Morgan fingerprint density at radius 1 is 1.12 bits per heavy atom. The molecular weight excluding hydrogens is 352 g/mol. The number of halogens is 1. The molecule has 2 aromatic rings. The zero-order valence-corrected chi connectivity index (χ0v) is 15.8. The molecule has 1 saturated heterocycles. The van der Waals surface area contributed by atoms with E-state index in [9.17, 15) is 4.79 Å². The average Bonchev–Trinajstić information content (AvgIpc) is 2.63. The molecule has 0 bridgehead atoms. The largest absolute Gasteiger partial charge is 0.497 e. The zero-order chi connectivity index (χ0) is 17.6. The van der Waals surface area contributed by atoms with Crippen LogP contribution in [0.3, 0.4) is 0 Å². The van der Waals surface area contributed by atoms with E-state index in [1.807, 2.05) is 48.5 Å². The van der Waals surface area contributed by atoms with Crippen LogP contribution in [0.5, 0.6) is 17.2 Å². The van der Waals surface area contributed by atoms with Gasteiger partial charge in [-0.1, -0.05) is 6.07 Å². The van der Waals surface area contributed by atoms with E-state index in [4.69, 9.17) is 9.47 Å². The molecule has 0 unspecified atom stereocenters. The topological polar surface area (TPSA) is 59.6 Å². The van der Waals surface area contributed by atoms with Crippen molar-refractivity contribution in [3.05, 3.63) is 48.5 Å². The fourth-order valence-corrected chi connectivity index (χ4v) is 3.02. The van der Waals surface area contributed by atoms with Gasteiger partial charge in [-0.05, 0) is 62.7 Å². The monoisotopic (exact) mass is 376 g/mol. The van der Waals surface area contributed by atoms with Crippen LogP contribution in [0.25, 0.3) is 0 Å². The highest BCUT2D eigenvalue weighted by molar-refractivity contribution is 5.92. The van der Waals surface area contributed by atoms with Gasteiger partial charge in [-0.3, -0.25) is 4.79 Å². The molecule has 5 nitrogen and oxygen atoms in total. The van der Waals surface area contributed by atoms with Gasteiger partial charge in [-0.25, -0.2) is 0 Å². The lowest BCUT2D eigenvalue weighted by Gasteiger charge is -2.27. The number of methoxy groups -OCH3 is 1. The molecule has 0 saturated carbocycles. The van der Waals surface area contributed by atoms with Crippen LogP contribution in [0, 0.1) is 5.92 Å². The number of nitrogens with one attached hydrogen (secondary N) is 2. The molecule has 26 heavy (non-hydrogen) atoms. The molecule has 2 atom stereocenters. The van der Waals surface area contributed by atoms with Crippen LogP contribution in [-0.2, 0) is 4.79 Å². The van der Waals surface area contributed by atoms with Gasteiger partial charge >= 0.3 is 0 Å². The number of amides is 1. The number of piperidine rings is 1. The minimum Gasteiger partial charge on any atom is -0.497 e. The zero-order valence-electron chi connectivity index (χ0n) is 15.0. The summed E-state index contributed by atoms with van der Waals surface area (Å²) in [7, 11) is 1.62. The van der Waals surface area contributed by atoms with Gasteiger partial charge in [0.2, 0.25) is 5.91 Å². The summed E-state index contributed by atoms with van der Waals surface area (Å²) < 4.78 is 11.0. The predicted molar refractivity (Wildman–Crippen MR) is 106 cm³/mol. The minimum absolute atomic E-state index is 0. The van der Waals surface area contributed by atoms with Crippen LogP contribution < -0.4 is 20.1 Å². The van der Waals surface area contributed by atoms with Crippen LogP contribution in [-0.4, -0.2) is 25.6 Å². The van der Waals surface area contributed by atoms with E-state index in [0.717, 1.165) is 30.8 Å². The van der Waals surface area contributed by atoms with Crippen LogP contribution in [0.4, 0.5) is 5.69 Å². The Balaban J connectivity index is 0.00000243. The first-order chi connectivity index (χ1) is 12.1. The number of anilines is 1. The summed E-state index contributed by atoms with van der Waals surface area (Å²) in [6, 6.07) is 15.2. The SMILES string of the molecule is COc1cccc(Oc2ccc(NC(=O)[C@H]3CCN[C@@H](C)C3)cc2)c1.Cl. The first kappa shape index (κ1) is 20.1. The molecule has 1 aliphatic heterocycles. The number of carbonyl (C=O) groups excluding carboxylic acids is 1. The second-order valence-corrected chi connectivity index (χ2v) is 6.37. The van der Waals surface area contributed by atoms with Gasteiger partial charge in [0.05, 0.1) is 7.11 Å². The number of hydrogen-bond acceptors (Lipinski definition) is 4. The Hall–Kier alpha value is -2.24. The normalized spacial score (nSPS) is 19.2. The standard InChI is InChI=1S/C20H24N2O3.ClH/c1-14-12-15(10-11-21-14)20(23)22-16-6-8-17(9-7-16)25-19-5-3-4-18(13-19)24-2;/h3-9,13-15,21H,10-12H2,1-2H3,(H,22,23);1H/t14-,15-;/m0./s1. The molecule has 0 spiro atoms. The summed E-state index contributed by atoms with van der Waals surface area (Å²) in [6.07, 6.45) is 1.76. The number of hydrogen-bond donors (Lipinski definition) is 2. The van der Waals surface area contributed by atoms with Crippen molar-refractivity contribution in [2.45, 2.75) is 25.8 Å². The Kier molecular flexibility index (Phi) is 7.30. The first-order valence-electron chi connectivity index (χ1n) is 8.60.